The van der Waals surface area contributed by atoms with Gasteiger partial charge in [0.15, 0.2) is 0 Å². The Labute approximate surface area is 106 Å². The van der Waals surface area contributed by atoms with Crippen LogP contribution in [0.5, 0.6) is 5.75 Å². The minimum Gasteiger partial charge on any atom is -0.508 e. The third-order valence-corrected chi connectivity index (χ3v) is 3.95. The zero-order valence-corrected chi connectivity index (χ0v) is 10.1. The molecule has 0 radical (unpaired) electrons. The van der Waals surface area contributed by atoms with E-state index in [9.17, 15) is 4.79 Å². The summed E-state index contributed by atoms with van der Waals surface area (Å²) in [6, 6.07) is 6.16. The zero-order chi connectivity index (χ0) is 12.5. The van der Waals surface area contributed by atoms with Gasteiger partial charge in [0.1, 0.15) is 5.75 Å². The van der Waals surface area contributed by atoms with Gasteiger partial charge in [0.2, 0.25) is 0 Å². The van der Waals surface area contributed by atoms with Crippen LogP contribution in [0.4, 0.5) is 0 Å². The van der Waals surface area contributed by atoms with Crippen LogP contribution >= 0.6 is 0 Å². The summed E-state index contributed by atoms with van der Waals surface area (Å²) in [6.45, 7) is 0.505. The highest BCUT2D eigenvalue weighted by atomic mass is 16.5. The van der Waals surface area contributed by atoms with Crippen molar-refractivity contribution in [2.75, 3.05) is 6.61 Å². The van der Waals surface area contributed by atoms with E-state index in [1.807, 2.05) is 0 Å². The first kappa shape index (κ1) is 11.3. The summed E-state index contributed by atoms with van der Waals surface area (Å²) in [5.41, 5.74) is 0.492. The molecule has 1 N–H and O–H groups in total. The van der Waals surface area contributed by atoms with Crippen molar-refractivity contribution >= 4 is 5.97 Å². The molecule has 18 heavy (non-hydrogen) atoms. The standard InChI is InChI=1S/C15H16O3/c16-14-5-3-11(4-6-14)15(17)18-9-13-8-10-1-2-12(13)7-10/h1-6,10,12-13,16H,7-9H2. The number of allylic oxidation sites excluding steroid dienone is 2. The lowest BCUT2D eigenvalue weighted by atomic mass is 9.95. The number of fused-ring (bicyclic) bond motifs is 2. The number of ether oxygens (including phenoxy) is 1. The van der Waals surface area contributed by atoms with Crippen molar-refractivity contribution in [3.63, 3.8) is 0 Å². The molecule has 3 rings (SSSR count). The van der Waals surface area contributed by atoms with Crippen LogP contribution in [-0.2, 0) is 4.74 Å². The van der Waals surface area contributed by atoms with Crippen molar-refractivity contribution in [2.24, 2.45) is 17.8 Å². The van der Waals surface area contributed by atoms with Crippen LogP contribution in [0.1, 0.15) is 23.2 Å². The first-order chi connectivity index (χ1) is 8.72. The minimum absolute atomic E-state index is 0.157. The van der Waals surface area contributed by atoms with Crippen LogP contribution in [0.2, 0.25) is 0 Å². The summed E-state index contributed by atoms with van der Waals surface area (Å²) in [7, 11) is 0. The smallest absolute Gasteiger partial charge is 0.338 e. The Kier molecular flexibility index (Phi) is 2.82. The highest BCUT2D eigenvalue weighted by molar-refractivity contribution is 5.89. The number of phenolic OH excluding ortho intramolecular Hbond substituents is 1. The van der Waals surface area contributed by atoms with Gasteiger partial charge < -0.3 is 9.84 Å². The Balaban J connectivity index is 1.56. The van der Waals surface area contributed by atoms with E-state index >= 15 is 0 Å². The topological polar surface area (TPSA) is 46.5 Å². The molecule has 3 unspecified atom stereocenters. The summed E-state index contributed by atoms with van der Waals surface area (Å²) in [4.78, 5) is 11.8. The van der Waals surface area contributed by atoms with Crippen LogP contribution in [-0.4, -0.2) is 17.7 Å². The van der Waals surface area contributed by atoms with Crippen molar-refractivity contribution in [3.8, 4) is 5.75 Å². The number of carbonyl (C=O) groups is 1. The molecule has 2 bridgehead atoms. The van der Waals surface area contributed by atoms with Gasteiger partial charge >= 0.3 is 5.97 Å². The lowest BCUT2D eigenvalue weighted by Gasteiger charge is -2.17. The number of benzene rings is 1. The summed E-state index contributed by atoms with van der Waals surface area (Å²) in [5.74, 6) is 1.64. The van der Waals surface area contributed by atoms with E-state index in [-0.39, 0.29) is 11.7 Å². The minimum atomic E-state index is -0.304. The molecule has 1 aromatic rings. The van der Waals surface area contributed by atoms with Gasteiger partial charge in [0, 0.05) is 0 Å². The second kappa shape index (κ2) is 4.48. The summed E-state index contributed by atoms with van der Waals surface area (Å²) >= 11 is 0. The zero-order valence-electron chi connectivity index (χ0n) is 10.1. The second-order valence-electron chi connectivity index (χ2n) is 5.19. The summed E-state index contributed by atoms with van der Waals surface area (Å²) < 4.78 is 5.35. The van der Waals surface area contributed by atoms with E-state index in [2.05, 4.69) is 12.2 Å². The average molecular weight is 244 g/mol. The Morgan fingerprint density at radius 1 is 1.22 bits per heavy atom. The van der Waals surface area contributed by atoms with Gasteiger partial charge in [-0.25, -0.2) is 4.79 Å². The van der Waals surface area contributed by atoms with E-state index in [1.54, 1.807) is 12.1 Å². The van der Waals surface area contributed by atoms with Crippen LogP contribution in [0.15, 0.2) is 36.4 Å². The molecule has 0 heterocycles. The van der Waals surface area contributed by atoms with E-state index in [4.69, 9.17) is 9.84 Å². The van der Waals surface area contributed by atoms with Gasteiger partial charge in [-0.1, -0.05) is 12.2 Å². The number of rotatable bonds is 3. The van der Waals surface area contributed by atoms with Crippen molar-refractivity contribution in [3.05, 3.63) is 42.0 Å². The lowest BCUT2D eigenvalue weighted by molar-refractivity contribution is 0.0420. The van der Waals surface area contributed by atoms with Crippen molar-refractivity contribution in [1.82, 2.24) is 0 Å². The molecule has 94 valence electrons. The average Bonchev–Trinajstić information content (AvgIpc) is 2.99. The molecule has 2 aliphatic carbocycles. The van der Waals surface area contributed by atoms with Gasteiger partial charge in [-0.15, -0.1) is 0 Å². The Hall–Kier alpha value is -1.77. The van der Waals surface area contributed by atoms with E-state index in [1.165, 1.54) is 18.6 Å². The monoisotopic (exact) mass is 244 g/mol. The van der Waals surface area contributed by atoms with E-state index in [0.717, 1.165) is 6.42 Å². The van der Waals surface area contributed by atoms with Crippen LogP contribution < -0.4 is 0 Å². The van der Waals surface area contributed by atoms with E-state index in [0.29, 0.717) is 29.9 Å². The molecule has 0 aliphatic heterocycles. The van der Waals surface area contributed by atoms with Crippen molar-refractivity contribution < 1.29 is 14.6 Å². The number of hydrogen-bond acceptors (Lipinski definition) is 3. The molecule has 1 aromatic carbocycles. The van der Waals surface area contributed by atoms with Gasteiger partial charge in [0.25, 0.3) is 0 Å². The summed E-state index contributed by atoms with van der Waals surface area (Å²) in [6.07, 6.45) is 6.90. The Morgan fingerprint density at radius 2 is 2.00 bits per heavy atom. The first-order valence-electron chi connectivity index (χ1n) is 6.37. The molecular formula is C15H16O3. The van der Waals surface area contributed by atoms with Crippen LogP contribution in [0.25, 0.3) is 0 Å². The third kappa shape index (κ3) is 2.13. The Morgan fingerprint density at radius 3 is 2.61 bits per heavy atom. The SMILES string of the molecule is O=C(OCC1CC2C=CC1C2)c1ccc(O)cc1. The molecule has 0 saturated heterocycles. The van der Waals surface area contributed by atoms with Gasteiger partial charge in [-0.3, -0.25) is 0 Å². The quantitative estimate of drug-likeness (QED) is 0.657. The maximum Gasteiger partial charge on any atom is 0.338 e. The number of carbonyl (C=O) groups excluding carboxylic acids is 1. The number of aromatic hydroxyl groups is 1. The lowest BCUT2D eigenvalue weighted by Crippen LogP contribution is -2.17. The van der Waals surface area contributed by atoms with Gasteiger partial charge in [-0.2, -0.15) is 0 Å². The molecular weight excluding hydrogens is 228 g/mol. The highest BCUT2D eigenvalue weighted by Crippen LogP contribution is 2.43. The highest BCUT2D eigenvalue weighted by Gasteiger charge is 2.36. The predicted octanol–water partition coefficient (Wildman–Crippen LogP) is 2.76. The fraction of sp³-hybridized carbons (Fsp3) is 0.400. The predicted molar refractivity (Wildman–Crippen MR) is 67.2 cm³/mol. The molecule has 2 aliphatic rings. The number of phenols is 1. The van der Waals surface area contributed by atoms with Crippen molar-refractivity contribution in [1.29, 1.82) is 0 Å². The second-order valence-corrected chi connectivity index (χ2v) is 5.19. The first-order valence-corrected chi connectivity index (χ1v) is 6.37. The van der Waals surface area contributed by atoms with Crippen LogP contribution in [0.3, 0.4) is 0 Å². The Bertz CT molecular complexity index is 475. The van der Waals surface area contributed by atoms with Crippen molar-refractivity contribution in [2.45, 2.75) is 12.8 Å². The number of esters is 1. The fourth-order valence-electron chi connectivity index (χ4n) is 2.95. The largest absolute Gasteiger partial charge is 0.508 e. The molecule has 0 amide bonds. The maximum atomic E-state index is 11.8. The molecule has 0 aromatic heterocycles. The van der Waals surface area contributed by atoms with E-state index < -0.39 is 0 Å². The van der Waals surface area contributed by atoms with Gasteiger partial charge in [0.05, 0.1) is 12.2 Å². The molecule has 3 atom stereocenters. The molecule has 1 fully saturated rings. The normalized spacial score (nSPS) is 28.6. The third-order valence-electron chi connectivity index (χ3n) is 3.95. The van der Waals surface area contributed by atoms with Crippen LogP contribution in [0, 0.1) is 17.8 Å². The molecule has 1 saturated carbocycles. The summed E-state index contributed by atoms with van der Waals surface area (Å²) in [5, 5.41) is 9.15. The maximum absolute atomic E-state index is 11.8. The molecule has 3 heteroatoms. The molecule has 0 spiro atoms. The van der Waals surface area contributed by atoms with Gasteiger partial charge in [-0.05, 0) is 54.9 Å². The number of hydrogen-bond donors (Lipinski definition) is 1. The molecule has 3 nitrogen and oxygen atoms in total. The fourth-order valence-corrected chi connectivity index (χ4v) is 2.95.